The van der Waals surface area contributed by atoms with Gasteiger partial charge in [-0.15, -0.1) is 0 Å². The number of rotatable bonds is 5. The maximum Gasteiger partial charge on any atom is 0.310 e. The molecule has 5 heteroatoms. The van der Waals surface area contributed by atoms with E-state index >= 15 is 0 Å². The zero-order chi connectivity index (χ0) is 16.0. The first-order chi connectivity index (χ1) is 9.68. The van der Waals surface area contributed by atoms with Gasteiger partial charge in [0.25, 0.3) is 0 Å². The summed E-state index contributed by atoms with van der Waals surface area (Å²) in [6.45, 7) is 6.57. The van der Waals surface area contributed by atoms with E-state index in [4.69, 9.17) is 4.74 Å². The van der Waals surface area contributed by atoms with E-state index in [2.05, 4.69) is 5.32 Å². The molecular weight excluding hydrogens is 270 g/mol. The lowest BCUT2D eigenvalue weighted by molar-refractivity contribution is -0.149. The Morgan fingerprint density at radius 2 is 1.67 bits per heavy atom. The summed E-state index contributed by atoms with van der Waals surface area (Å²) in [6.07, 6.45) is 0.0950. The van der Waals surface area contributed by atoms with Gasteiger partial charge in [-0.25, -0.2) is 0 Å². The van der Waals surface area contributed by atoms with E-state index in [1.165, 1.54) is 6.92 Å². The van der Waals surface area contributed by atoms with Gasteiger partial charge in [-0.1, -0.05) is 32.9 Å². The van der Waals surface area contributed by atoms with Crippen LogP contribution in [0.5, 0.6) is 0 Å². The second-order valence-electron chi connectivity index (χ2n) is 5.89. The number of ketones is 1. The molecule has 21 heavy (non-hydrogen) atoms. The first-order valence-corrected chi connectivity index (χ1v) is 6.74. The van der Waals surface area contributed by atoms with E-state index in [1.54, 1.807) is 45.0 Å². The number of hydrogen-bond donors (Lipinski definition) is 1. The van der Waals surface area contributed by atoms with Crippen molar-refractivity contribution in [1.82, 2.24) is 0 Å². The minimum absolute atomic E-state index is 0.0950. The molecule has 0 bridgehead atoms. The maximum absolute atomic E-state index is 11.7. The molecule has 0 saturated heterocycles. The smallest absolute Gasteiger partial charge is 0.310 e. The molecule has 0 aliphatic rings. The van der Waals surface area contributed by atoms with Crippen molar-refractivity contribution in [1.29, 1.82) is 0 Å². The molecule has 0 unspecified atom stereocenters. The van der Waals surface area contributed by atoms with Crippen LogP contribution in [0, 0.1) is 5.41 Å². The molecule has 1 aromatic carbocycles. The highest BCUT2D eigenvalue weighted by Crippen LogP contribution is 2.15. The van der Waals surface area contributed by atoms with Crippen molar-refractivity contribution in [2.24, 2.45) is 5.41 Å². The van der Waals surface area contributed by atoms with Crippen molar-refractivity contribution >= 4 is 23.3 Å². The van der Waals surface area contributed by atoms with Crippen LogP contribution in [0.25, 0.3) is 0 Å². The number of hydrogen-bond acceptors (Lipinski definition) is 4. The fourth-order valence-electron chi connectivity index (χ4n) is 1.49. The number of carbonyl (C=O) groups is 3. The van der Waals surface area contributed by atoms with Crippen LogP contribution in [0.15, 0.2) is 24.3 Å². The zero-order valence-electron chi connectivity index (χ0n) is 12.9. The molecular formula is C16H21NO4. The lowest BCUT2D eigenvalue weighted by Gasteiger charge is -2.16. The van der Waals surface area contributed by atoms with Crippen LogP contribution in [-0.2, 0) is 25.5 Å². The minimum atomic E-state index is -0.514. The third-order valence-electron chi connectivity index (χ3n) is 2.82. The summed E-state index contributed by atoms with van der Waals surface area (Å²) in [6, 6.07) is 6.89. The molecule has 5 nitrogen and oxygen atoms in total. The Hall–Kier alpha value is -2.17. The van der Waals surface area contributed by atoms with Gasteiger partial charge < -0.3 is 10.1 Å². The van der Waals surface area contributed by atoms with Crippen LogP contribution in [0.2, 0.25) is 0 Å². The van der Waals surface area contributed by atoms with Crippen molar-refractivity contribution in [2.75, 3.05) is 11.9 Å². The van der Waals surface area contributed by atoms with E-state index in [0.29, 0.717) is 5.69 Å². The highest BCUT2D eigenvalue weighted by molar-refractivity contribution is 5.89. The Morgan fingerprint density at radius 3 is 2.14 bits per heavy atom. The van der Waals surface area contributed by atoms with E-state index in [-0.39, 0.29) is 24.7 Å². The Balaban J connectivity index is 2.48. The van der Waals surface area contributed by atoms with E-state index in [0.717, 1.165) is 5.56 Å². The summed E-state index contributed by atoms with van der Waals surface area (Å²) in [5, 5.41) is 2.64. The van der Waals surface area contributed by atoms with Crippen LogP contribution in [0.4, 0.5) is 5.69 Å². The van der Waals surface area contributed by atoms with Gasteiger partial charge in [0, 0.05) is 18.0 Å². The predicted octanol–water partition coefficient (Wildman–Crippen LogP) is 2.35. The normalized spacial score (nSPS) is 10.9. The lowest BCUT2D eigenvalue weighted by Crippen LogP contribution is -2.26. The standard InChI is InChI=1S/C16H21NO4/c1-11(18)17-13-7-5-12(6-8-13)9-15(20)21-10-14(19)16(2,3)4/h5-8H,9-10H2,1-4H3,(H,17,18). The summed E-state index contributed by atoms with van der Waals surface area (Å²) >= 11 is 0. The van der Waals surface area contributed by atoms with Gasteiger partial charge in [-0.05, 0) is 17.7 Å². The number of nitrogens with one attached hydrogen (secondary N) is 1. The molecule has 1 N–H and O–H groups in total. The van der Waals surface area contributed by atoms with Crippen molar-refractivity contribution in [3.05, 3.63) is 29.8 Å². The van der Waals surface area contributed by atoms with Gasteiger partial charge in [-0.2, -0.15) is 0 Å². The average Bonchev–Trinajstić information content (AvgIpc) is 2.36. The number of esters is 1. The molecule has 1 amide bonds. The number of carbonyl (C=O) groups excluding carboxylic acids is 3. The largest absolute Gasteiger partial charge is 0.457 e. The Kier molecular flexibility index (Phi) is 5.64. The number of ether oxygens (including phenoxy) is 1. The molecule has 1 aromatic rings. The van der Waals surface area contributed by atoms with Crippen molar-refractivity contribution in [3.63, 3.8) is 0 Å². The molecule has 0 spiro atoms. The van der Waals surface area contributed by atoms with E-state index < -0.39 is 11.4 Å². The fraction of sp³-hybridized carbons (Fsp3) is 0.438. The summed E-state index contributed by atoms with van der Waals surface area (Å²) in [5.74, 6) is -0.709. The molecule has 0 atom stereocenters. The molecule has 0 aromatic heterocycles. The van der Waals surface area contributed by atoms with E-state index in [9.17, 15) is 14.4 Å². The van der Waals surface area contributed by atoms with Gasteiger partial charge in [0.2, 0.25) is 5.91 Å². The SMILES string of the molecule is CC(=O)Nc1ccc(CC(=O)OCC(=O)C(C)(C)C)cc1. The van der Waals surface area contributed by atoms with Gasteiger partial charge in [0.1, 0.15) is 0 Å². The molecule has 0 fully saturated rings. The summed E-state index contributed by atoms with van der Waals surface area (Å²) in [4.78, 5) is 34.2. The van der Waals surface area contributed by atoms with Gasteiger partial charge in [-0.3, -0.25) is 14.4 Å². The second-order valence-corrected chi connectivity index (χ2v) is 5.89. The number of anilines is 1. The third kappa shape index (κ3) is 6.21. The van der Waals surface area contributed by atoms with Crippen molar-refractivity contribution < 1.29 is 19.1 Å². The molecule has 0 radical (unpaired) electrons. The molecule has 0 aliphatic carbocycles. The van der Waals surface area contributed by atoms with Crippen LogP contribution in [-0.4, -0.2) is 24.3 Å². The molecule has 114 valence electrons. The van der Waals surface area contributed by atoms with Gasteiger partial charge in [0.05, 0.1) is 6.42 Å². The van der Waals surface area contributed by atoms with Crippen LogP contribution in [0.1, 0.15) is 33.3 Å². The zero-order valence-corrected chi connectivity index (χ0v) is 12.9. The highest BCUT2D eigenvalue weighted by Gasteiger charge is 2.22. The fourth-order valence-corrected chi connectivity index (χ4v) is 1.49. The first kappa shape index (κ1) is 16.9. The summed E-state index contributed by atoms with van der Waals surface area (Å²) < 4.78 is 4.97. The molecule has 0 heterocycles. The average molecular weight is 291 g/mol. The number of benzene rings is 1. The summed E-state index contributed by atoms with van der Waals surface area (Å²) in [5.41, 5.74) is 0.917. The maximum atomic E-state index is 11.7. The summed E-state index contributed by atoms with van der Waals surface area (Å²) in [7, 11) is 0. The second kappa shape index (κ2) is 7.02. The third-order valence-corrected chi connectivity index (χ3v) is 2.82. The monoisotopic (exact) mass is 291 g/mol. The predicted molar refractivity (Wildman–Crippen MR) is 79.9 cm³/mol. The minimum Gasteiger partial charge on any atom is -0.457 e. The Morgan fingerprint density at radius 1 is 1.10 bits per heavy atom. The highest BCUT2D eigenvalue weighted by atomic mass is 16.5. The van der Waals surface area contributed by atoms with Crippen LogP contribution in [0.3, 0.4) is 0 Å². The Labute approximate surface area is 124 Å². The van der Waals surface area contributed by atoms with Crippen molar-refractivity contribution in [2.45, 2.75) is 34.1 Å². The van der Waals surface area contributed by atoms with E-state index in [1.807, 2.05) is 0 Å². The van der Waals surface area contributed by atoms with Gasteiger partial charge >= 0.3 is 5.97 Å². The molecule has 0 aliphatic heterocycles. The lowest BCUT2D eigenvalue weighted by atomic mass is 9.91. The van der Waals surface area contributed by atoms with Crippen LogP contribution >= 0.6 is 0 Å². The number of Topliss-reactive ketones (excluding diaryl/α,β-unsaturated/α-hetero) is 1. The quantitative estimate of drug-likeness (QED) is 0.845. The topological polar surface area (TPSA) is 72.5 Å². The van der Waals surface area contributed by atoms with Crippen LogP contribution < -0.4 is 5.32 Å². The van der Waals surface area contributed by atoms with Gasteiger partial charge in [0.15, 0.2) is 12.4 Å². The van der Waals surface area contributed by atoms with Crippen molar-refractivity contribution in [3.8, 4) is 0 Å². The molecule has 0 saturated carbocycles. The first-order valence-electron chi connectivity index (χ1n) is 6.74. The number of amides is 1. The molecule has 1 rings (SSSR count). The Bertz CT molecular complexity index is 526.